The van der Waals surface area contributed by atoms with E-state index in [-0.39, 0.29) is 11.3 Å². The van der Waals surface area contributed by atoms with Crippen molar-refractivity contribution in [1.29, 1.82) is 0 Å². The molecule has 3 aromatic heterocycles. The molecule has 3 aliphatic rings. The zero-order valence-corrected chi connectivity index (χ0v) is 36.9. The van der Waals surface area contributed by atoms with Crippen molar-refractivity contribution in [2.24, 2.45) is 11.8 Å². The van der Waals surface area contributed by atoms with E-state index in [1.165, 1.54) is 22.4 Å². The number of aryl methyl sites for hydroxylation is 1. The van der Waals surface area contributed by atoms with Crippen molar-refractivity contribution in [3.05, 3.63) is 125 Å². The third-order valence-electron chi connectivity index (χ3n) is 13.7. The van der Waals surface area contributed by atoms with Gasteiger partial charge in [0.1, 0.15) is 35.1 Å². The summed E-state index contributed by atoms with van der Waals surface area (Å²) in [5.41, 5.74) is 6.56. The number of ether oxygens (including phenoxy) is 3. The Labute approximate surface area is 373 Å². The van der Waals surface area contributed by atoms with Gasteiger partial charge in [0.2, 0.25) is 0 Å². The van der Waals surface area contributed by atoms with Crippen LogP contribution in [0.5, 0.6) is 17.2 Å². The lowest BCUT2D eigenvalue weighted by Crippen LogP contribution is -2.53. The van der Waals surface area contributed by atoms with Crippen LogP contribution in [-0.2, 0) is 29.6 Å². The number of anilines is 1. The molecule has 0 bridgehead atoms. The Morgan fingerprint density at radius 3 is 2.63 bits per heavy atom. The number of carboxylic acids is 1. The molecule has 13 heteroatoms. The number of fused-ring (bicyclic) bond motifs is 3. The minimum absolute atomic E-state index is 0.221. The van der Waals surface area contributed by atoms with Crippen LogP contribution in [0.3, 0.4) is 0 Å². The van der Waals surface area contributed by atoms with Crippen LogP contribution in [0.25, 0.3) is 22.8 Å². The van der Waals surface area contributed by atoms with Gasteiger partial charge >= 0.3 is 5.97 Å². The van der Waals surface area contributed by atoms with Crippen molar-refractivity contribution in [2.75, 3.05) is 25.6 Å². The molecule has 12 nitrogen and oxygen atoms in total. The zero-order chi connectivity index (χ0) is 43.6. The van der Waals surface area contributed by atoms with Crippen LogP contribution < -0.4 is 19.5 Å². The van der Waals surface area contributed by atoms with E-state index < -0.39 is 11.5 Å². The molecule has 1 fully saturated rings. The zero-order valence-electron chi connectivity index (χ0n) is 36.1. The van der Waals surface area contributed by atoms with Crippen LogP contribution in [0.1, 0.15) is 87.1 Å². The van der Waals surface area contributed by atoms with Crippen molar-refractivity contribution >= 4 is 23.3 Å². The molecule has 3 aliphatic carbocycles. The smallest absolute Gasteiger partial charge is 0.329 e. The average Bonchev–Trinajstić information content (AvgIpc) is 3.89. The maximum atomic E-state index is 13.1. The molecule has 3 atom stereocenters. The third kappa shape index (κ3) is 8.70. The second kappa shape index (κ2) is 18.0. The number of benzene rings is 3. The summed E-state index contributed by atoms with van der Waals surface area (Å²) in [6.07, 6.45) is 13.0. The second-order valence-corrected chi connectivity index (χ2v) is 18.1. The molecule has 2 N–H and O–H groups in total. The number of aromatic nitrogens is 6. The Balaban J connectivity index is 0.915. The number of methoxy groups -OCH3 is 1. The number of hydrogen-bond acceptors (Lipinski definition) is 10. The predicted molar refractivity (Wildman–Crippen MR) is 243 cm³/mol. The van der Waals surface area contributed by atoms with Crippen molar-refractivity contribution in [3.8, 4) is 40.0 Å². The maximum Gasteiger partial charge on any atom is 0.329 e. The SMILES string of the molecule is COc1ccccc1-c1ccnc(-c2cn(CCOc3ccc4c(c3)C3(CCC(Nc5cccc(Cl)c5)(C(=O)O)CC3)[C@@H](C[C@@H](C)COc3ccnc5c3[C@H](C)CCC5)C4)nn2)n1. The summed E-state index contributed by atoms with van der Waals surface area (Å²) in [7, 11) is 1.64. The second-order valence-electron chi connectivity index (χ2n) is 17.7. The van der Waals surface area contributed by atoms with E-state index in [0.29, 0.717) is 66.7 Å². The molecule has 3 aromatic carbocycles. The molecule has 0 unspecified atom stereocenters. The Bertz CT molecular complexity index is 2590. The van der Waals surface area contributed by atoms with E-state index in [4.69, 9.17) is 30.8 Å². The molecule has 1 spiro atoms. The van der Waals surface area contributed by atoms with Crippen LogP contribution in [0, 0.1) is 11.8 Å². The molecule has 0 saturated heterocycles. The van der Waals surface area contributed by atoms with Crippen molar-refractivity contribution in [3.63, 3.8) is 0 Å². The number of carboxylic acid groups (broad SMARTS) is 1. The fraction of sp³-hybridized carbons (Fsp3) is 0.400. The molecule has 9 rings (SSSR count). The lowest BCUT2D eigenvalue weighted by molar-refractivity contribution is -0.144. The fourth-order valence-electron chi connectivity index (χ4n) is 10.4. The Hall–Kier alpha value is -6.01. The maximum absolute atomic E-state index is 13.1. The van der Waals surface area contributed by atoms with Gasteiger partial charge in [-0.15, -0.1) is 5.10 Å². The van der Waals surface area contributed by atoms with Gasteiger partial charge in [0, 0.05) is 39.9 Å². The first-order valence-corrected chi connectivity index (χ1v) is 22.5. The van der Waals surface area contributed by atoms with Crippen LogP contribution in [0.15, 0.2) is 97.5 Å². The van der Waals surface area contributed by atoms with Crippen molar-refractivity contribution in [2.45, 2.75) is 95.1 Å². The van der Waals surface area contributed by atoms with Crippen molar-refractivity contribution in [1.82, 2.24) is 29.9 Å². The first kappa shape index (κ1) is 42.3. The largest absolute Gasteiger partial charge is 0.496 e. The molecule has 6 aromatic rings. The van der Waals surface area contributed by atoms with Crippen LogP contribution in [-0.4, -0.2) is 66.9 Å². The van der Waals surface area contributed by atoms with Gasteiger partial charge in [0.25, 0.3) is 0 Å². The Kier molecular flexibility index (Phi) is 12.1. The monoisotopic (exact) mass is 867 g/mol. The normalized spacial score (nSPS) is 21.9. The first-order chi connectivity index (χ1) is 30.6. The van der Waals surface area contributed by atoms with Crippen LogP contribution in [0.4, 0.5) is 5.69 Å². The molecule has 0 aliphatic heterocycles. The van der Waals surface area contributed by atoms with Crippen LogP contribution >= 0.6 is 11.6 Å². The van der Waals surface area contributed by atoms with E-state index in [2.05, 4.69) is 57.6 Å². The van der Waals surface area contributed by atoms with Gasteiger partial charge in [-0.1, -0.05) is 54.9 Å². The summed E-state index contributed by atoms with van der Waals surface area (Å²) in [6, 6.07) is 25.4. The molecule has 3 heterocycles. The Morgan fingerprint density at radius 2 is 1.81 bits per heavy atom. The fourth-order valence-corrected chi connectivity index (χ4v) is 10.6. The number of halogens is 1. The van der Waals surface area contributed by atoms with Gasteiger partial charge < -0.3 is 24.6 Å². The Morgan fingerprint density at radius 1 is 0.968 bits per heavy atom. The molecular formula is C50H54ClN7O5. The van der Waals surface area contributed by atoms with E-state index in [1.54, 1.807) is 30.1 Å². The van der Waals surface area contributed by atoms with Gasteiger partial charge in [-0.25, -0.2) is 19.4 Å². The average molecular weight is 868 g/mol. The highest BCUT2D eigenvalue weighted by Crippen LogP contribution is 2.57. The van der Waals surface area contributed by atoms with Gasteiger partial charge in [0.15, 0.2) is 5.82 Å². The standard InChI is InChI=1S/C50H54ClN7O5/c1-32(31-63-45-17-23-52-42-12-6-8-33(2)46(42)45)26-35-27-34-14-15-38(29-40(34)49(35)18-20-50(21-19-49,48(59)60)55-37-10-7-9-36(51)28-37)62-25-24-58-30-43(56-57-58)47-53-22-16-41(54-47)39-11-4-5-13-44(39)61-3/h4-5,7,9-11,13-17,22-23,28-30,32-33,35,55H,6,8,12,18-21,24-27,31H2,1-3H3,(H,59,60)/t32-,33-,35+,49?,50?/m1/s1. The minimum atomic E-state index is -1.11. The number of rotatable bonds is 15. The lowest BCUT2D eigenvalue weighted by Gasteiger charge is -2.47. The molecular weight excluding hydrogens is 814 g/mol. The summed E-state index contributed by atoms with van der Waals surface area (Å²) in [5, 5.41) is 23.5. The highest BCUT2D eigenvalue weighted by molar-refractivity contribution is 6.30. The summed E-state index contributed by atoms with van der Waals surface area (Å²) < 4.78 is 20.3. The lowest BCUT2D eigenvalue weighted by atomic mass is 9.59. The molecule has 1 saturated carbocycles. The number of pyridine rings is 1. The van der Waals surface area contributed by atoms with Gasteiger partial charge in [-0.2, -0.15) is 0 Å². The molecule has 63 heavy (non-hydrogen) atoms. The topological polar surface area (TPSA) is 146 Å². The molecule has 0 amide bonds. The number of para-hydroxylation sites is 1. The highest BCUT2D eigenvalue weighted by Gasteiger charge is 2.54. The van der Waals surface area contributed by atoms with Crippen molar-refractivity contribution < 1.29 is 24.1 Å². The highest BCUT2D eigenvalue weighted by atomic mass is 35.5. The van der Waals surface area contributed by atoms with Gasteiger partial charge in [0.05, 0.1) is 32.2 Å². The number of nitrogens with one attached hydrogen (secondary N) is 1. The molecule has 0 radical (unpaired) electrons. The predicted octanol–water partition coefficient (Wildman–Crippen LogP) is 10.0. The van der Waals surface area contributed by atoms with E-state index in [1.807, 2.05) is 60.9 Å². The van der Waals surface area contributed by atoms with E-state index in [9.17, 15) is 9.90 Å². The minimum Gasteiger partial charge on any atom is -0.496 e. The molecule has 326 valence electrons. The van der Waals surface area contributed by atoms with E-state index >= 15 is 0 Å². The number of aliphatic carboxylic acids is 1. The summed E-state index contributed by atoms with van der Waals surface area (Å²) in [4.78, 5) is 27.0. The summed E-state index contributed by atoms with van der Waals surface area (Å²) in [6.45, 7) is 6.01. The summed E-state index contributed by atoms with van der Waals surface area (Å²) in [5.74, 6) is 3.12. The quantitative estimate of drug-likeness (QED) is 0.102. The number of carbonyl (C=O) groups is 1. The third-order valence-corrected chi connectivity index (χ3v) is 13.9. The van der Waals surface area contributed by atoms with Gasteiger partial charge in [-0.05, 0) is 147 Å². The van der Waals surface area contributed by atoms with Gasteiger partial charge in [-0.3, -0.25) is 4.98 Å². The first-order valence-electron chi connectivity index (χ1n) is 22.1. The number of hydrogen-bond donors (Lipinski definition) is 2. The van der Waals surface area contributed by atoms with Crippen LogP contribution in [0.2, 0.25) is 5.02 Å². The summed E-state index contributed by atoms with van der Waals surface area (Å²) >= 11 is 6.33. The number of nitrogens with zero attached hydrogens (tertiary/aromatic N) is 6. The van der Waals surface area contributed by atoms with E-state index in [0.717, 1.165) is 73.5 Å².